The molecule has 3 rings (SSSR count). The van der Waals surface area contributed by atoms with Crippen LogP contribution in [0.1, 0.15) is 71.8 Å². The smallest absolute Gasteiger partial charge is 0.354 e. The van der Waals surface area contributed by atoms with E-state index >= 15 is 0 Å². The van der Waals surface area contributed by atoms with Crippen molar-refractivity contribution in [1.29, 1.82) is 0 Å². The first-order valence-electron chi connectivity index (χ1n) is 19.4. The maximum Gasteiger partial charge on any atom is 0.412 e. The van der Waals surface area contributed by atoms with Crippen LogP contribution in [0.15, 0.2) is 18.2 Å². The molecule has 0 spiro atoms. The fourth-order valence-electron chi connectivity index (χ4n) is 6.98. The summed E-state index contributed by atoms with van der Waals surface area (Å²) in [4.78, 5) is 97.9. The van der Waals surface area contributed by atoms with Crippen molar-refractivity contribution >= 4 is 64.6 Å². The number of nitrogens with zero attached hydrogens (tertiary/aromatic N) is 3. The molecule has 21 heteroatoms. The Morgan fingerprint density at radius 2 is 1.71 bits per heavy atom. The van der Waals surface area contributed by atoms with E-state index in [9.17, 15) is 51.1 Å². The van der Waals surface area contributed by atoms with Gasteiger partial charge in [-0.1, -0.05) is 44.0 Å². The first kappa shape index (κ1) is 49.1. The molecule has 0 aliphatic carbocycles. The van der Waals surface area contributed by atoms with Crippen LogP contribution < -0.4 is 27.0 Å². The minimum Gasteiger partial charge on any atom is -0.354 e. The van der Waals surface area contributed by atoms with Crippen molar-refractivity contribution in [3.8, 4) is 0 Å². The van der Waals surface area contributed by atoms with Crippen molar-refractivity contribution in [1.82, 2.24) is 36.0 Å². The maximum absolute atomic E-state index is 14.5. The summed E-state index contributed by atoms with van der Waals surface area (Å²) in [6.07, 6.45) is -7.04. The molecule has 15 nitrogen and oxygen atoms in total. The van der Waals surface area contributed by atoms with E-state index in [2.05, 4.69) is 21.3 Å². The van der Waals surface area contributed by atoms with Crippen molar-refractivity contribution in [2.24, 2.45) is 11.7 Å². The molecule has 8 atom stereocenters. The second kappa shape index (κ2) is 21.3. The van der Waals surface area contributed by atoms with Gasteiger partial charge in [0.05, 0.1) is 6.54 Å². The van der Waals surface area contributed by atoms with E-state index in [1.165, 1.54) is 34.0 Å². The van der Waals surface area contributed by atoms with E-state index in [0.29, 0.717) is 21.9 Å². The highest BCUT2D eigenvalue weighted by Gasteiger charge is 2.49. The molecule has 1 aromatic carbocycles. The lowest BCUT2D eigenvalue weighted by Gasteiger charge is -2.35. The lowest BCUT2D eigenvalue weighted by molar-refractivity contribution is -0.171. The van der Waals surface area contributed by atoms with Gasteiger partial charge in [-0.25, -0.2) is 4.39 Å². The number of benzene rings is 1. The molecule has 0 saturated carbocycles. The third-order valence-electron chi connectivity index (χ3n) is 10.4. The third-order valence-corrected chi connectivity index (χ3v) is 11.0. The van der Waals surface area contributed by atoms with Crippen LogP contribution in [0.25, 0.3) is 0 Å². The van der Waals surface area contributed by atoms with Crippen molar-refractivity contribution < 1.29 is 51.1 Å². The molecular weight excluding hydrogens is 827 g/mol. The Labute approximate surface area is 350 Å². The van der Waals surface area contributed by atoms with E-state index in [4.69, 9.17) is 28.9 Å². The highest BCUT2D eigenvalue weighted by atomic mass is 35.5. The lowest BCUT2D eigenvalue weighted by atomic mass is 9.98. The van der Waals surface area contributed by atoms with Gasteiger partial charge < -0.3 is 41.7 Å². The van der Waals surface area contributed by atoms with Crippen LogP contribution in [0.3, 0.4) is 0 Å². The molecular formula is C38H54Cl2F4N8O7. The lowest BCUT2D eigenvalue weighted by Crippen LogP contribution is -2.60. The second-order valence-electron chi connectivity index (χ2n) is 15.4. The zero-order valence-electron chi connectivity index (χ0n) is 33.8. The summed E-state index contributed by atoms with van der Waals surface area (Å²) < 4.78 is 54.2. The Hall–Kier alpha value is -4.23. The third kappa shape index (κ3) is 13.1. The Kier molecular flexibility index (Phi) is 17.8. The molecule has 1 aromatic rings. The standard InChI is InChI=1S/C38H54Cl2F4N8O7/c1-7-25(48-34(56)29-17-23(41)18-52(29)37(59)30(45)38(42,43)44)35(57)50(5)27-10-8-9-13-46-31(53)20(4)47-33(55)28(16-21-15-22(39)11-12-24(21)40)51(6)36(58)26(14-19(2)3)49-32(27)54/h11-12,15,19-20,23,25-30H,7-10,13-14,16-18,45H2,1-6H3,(H,46,53)(H,47,55)(H,48,56)(H,49,54)/t20-,23-,25+,26+,27+,28+,29+,30-/m1/s1. The number of halogens is 6. The number of carbonyl (C=O) groups is 7. The molecule has 0 radical (unpaired) electrons. The van der Waals surface area contributed by atoms with Gasteiger partial charge in [0.1, 0.15) is 42.4 Å². The molecule has 0 bridgehead atoms. The van der Waals surface area contributed by atoms with Crippen molar-refractivity contribution in [2.75, 3.05) is 27.2 Å². The number of rotatable bonds is 10. The van der Waals surface area contributed by atoms with Crippen molar-refractivity contribution in [3.05, 3.63) is 33.8 Å². The Balaban J connectivity index is 1.94. The number of amides is 7. The maximum atomic E-state index is 14.5. The highest BCUT2D eigenvalue weighted by molar-refractivity contribution is 6.33. The molecule has 2 heterocycles. The summed E-state index contributed by atoms with van der Waals surface area (Å²) in [5, 5.41) is 11.2. The predicted octanol–water partition coefficient (Wildman–Crippen LogP) is 2.25. The van der Waals surface area contributed by atoms with Gasteiger partial charge >= 0.3 is 6.18 Å². The van der Waals surface area contributed by atoms with Crippen LogP contribution in [-0.2, 0) is 40.0 Å². The first-order chi connectivity index (χ1) is 27.5. The molecule has 2 aliphatic heterocycles. The van der Waals surface area contributed by atoms with Gasteiger partial charge in [-0.3, -0.25) is 33.6 Å². The summed E-state index contributed by atoms with van der Waals surface area (Å²) in [6, 6.07) is -6.11. The number of carbonyl (C=O) groups excluding carboxylic acids is 7. The molecule has 0 unspecified atom stereocenters. The summed E-state index contributed by atoms with van der Waals surface area (Å²) in [5.74, 6) is -6.32. The minimum absolute atomic E-state index is 0.0265. The van der Waals surface area contributed by atoms with Gasteiger partial charge in [0.25, 0.3) is 0 Å². The number of likely N-dealkylation sites (N-methyl/N-ethyl adjacent to an activating group) is 2. The number of nitrogens with one attached hydrogen (secondary N) is 4. The molecule has 2 fully saturated rings. The minimum atomic E-state index is -5.15. The number of alkyl halides is 4. The SMILES string of the molecule is CC[C@H](NC(=O)[C@@H]1C[C@@H](F)CN1C(=O)[C@@H](N)C(F)(F)F)C(=O)N(C)[C@H]1CCCCNC(=O)[C@@H](C)NC(=O)[C@H](Cc2cc(Cl)ccc2Cl)N(C)C(=O)[C@H](CC(C)C)NC1=O. The van der Waals surface area contributed by atoms with Gasteiger partial charge in [-0.05, 0) is 68.7 Å². The van der Waals surface area contributed by atoms with E-state index in [-0.39, 0.29) is 49.6 Å². The van der Waals surface area contributed by atoms with Gasteiger partial charge in [0.15, 0.2) is 6.04 Å². The average molecular weight is 882 g/mol. The van der Waals surface area contributed by atoms with Crippen molar-refractivity contribution in [2.45, 2.75) is 127 Å². The number of likely N-dealkylation sites (tertiary alicyclic amines) is 1. The van der Waals surface area contributed by atoms with E-state index in [0.717, 1.165) is 9.80 Å². The molecule has 0 aromatic heterocycles. The van der Waals surface area contributed by atoms with Gasteiger partial charge in [-0.2, -0.15) is 13.2 Å². The summed E-state index contributed by atoms with van der Waals surface area (Å²) in [6.45, 7) is 5.97. The van der Waals surface area contributed by atoms with Gasteiger partial charge in [-0.15, -0.1) is 0 Å². The Bertz CT molecular complexity index is 1720. The zero-order valence-corrected chi connectivity index (χ0v) is 35.3. The number of hydrogen-bond acceptors (Lipinski definition) is 8. The van der Waals surface area contributed by atoms with E-state index in [1.54, 1.807) is 12.1 Å². The van der Waals surface area contributed by atoms with Gasteiger partial charge in [0.2, 0.25) is 41.4 Å². The Morgan fingerprint density at radius 1 is 1.05 bits per heavy atom. The normalized spacial score (nSPS) is 25.2. The van der Waals surface area contributed by atoms with Crippen LogP contribution in [0.5, 0.6) is 0 Å². The molecule has 2 saturated heterocycles. The van der Waals surface area contributed by atoms with Gasteiger partial charge in [0, 0.05) is 43.5 Å². The molecule has 7 amide bonds. The van der Waals surface area contributed by atoms with Crippen LogP contribution in [0.2, 0.25) is 10.0 Å². The molecule has 330 valence electrons. The largest absolute Gasteiger partial charge is 0.412 e. The van der Waals surface area contributed by atoms with Crippen LogP contribution in [0, 0.1) is 5.92 Å². The van der Waals surface area contributed by atoms with Crippen LogP contribution >= 0.6 is 23.2 Å². The summed E-state index contributed by atoms with van der Waals surface area (Å²) in [5.41, 5.74) is 5.51. The topological polar surface area (TPSA) is 203 Å². The molecule has 6 N–H and O–H groups in total. The number of hydrogen-bond donors (Lipinski definition) is 5. The molecule has 59 heavy (non-hydrogen) atoms. The van der Waals surface area contributed by atoms with Crippen LogP contribution in [-0.4, -0.2) is 138 Å². The first-order valence-corrected chi connectivity index (χ1v) is 20.2. The average Bonchev–Trinajstić information content (AvgIpc) is 3.56. The zero-order chi connectivity index (χ0) is 44.5. The monoisotopic (exact) mass is 880 g/mol. The fourth-order valence-corrected chi connectivity index (χ4v) is 7.37. The number of nitrogens with two attached hydrogens (primary N) is 1. The fraction of sp³-hybridized carbons (Fsp3) is 0.658. The van der Waals surface area contributed by atoms with E-state index < -0.39 is 109 Å². The predicted molar refractivity (Wildman–Crippen MR) is 210 cm³/mol. The summed E-state index contributed by atoms with van der Waals surface area (Å²) in [7, 11) is 2.68. The second-order valence-corrected chi connectivity index (χ2v) is 16.2. The summed E-state index contributed by atoms with van der Waals surface area (Å²) >= 11 is 12.7. The molecule has 2 aliphatic rings. The van der Waals surface area contributed by atoms with Crippen molar-refractivity contribution in [3.63, 3.8) is 0 Å². The van der Waals surface area contributed by atoms with Crippen LogP contribution in [0.4, 0.5) is 17.6 Å². The highest BCUT2D eigenvalue weighted by Crippen LogP contribution is 2.27. The Morgan fingerprint density at radius 3 is 2.32 bits per heavy atom. The quantitative estimate of drug-likeness (QED) is 0.220. The van der Waals surface area contributed by atoms with E-state index in [1.807, 2.05) is 13.8 Å².